The Bertz CT molecular complexity index is 616. The van der Waals surface area contributed by atoms with E-state index in [0.29, 0.717) is 38.7 Å². The number of hydrogen-bond donors (Lipinski definition) is 1. The van der Waals surface area contributed by atoms with Crippen LogP contribution >= 0.6 is 0 Å². The number of unbranched alkanes of at least 4 members (excludes halogenated alkanes) is 3. The van der Waals surface area contributed by atoms with Crippen LogP contribution in [0.15, 0.2) is 24.3 Å². The maximum Gasteiger partial charge on any atom is 0.305 e. The van der Waals surface area contributed by atoms with Crippen molar-refractivity contribution in [1.82, 2.24) is 0 Å². The molecule has 5 atom stereocenters. The molecule has 2 fully saturated rings. The number of halogens is 2. The topological polar surface area (TPSA) is 65.0 Å². The number of esters is 1. The fourth-order valence-corrected chi connectivity index (χ4v) is 4.63. The summed E-state index contributed by atoms with van der Waals surface area (Å²) < 4.78 is 45.4. The third-order valence-electron chi connectivity index (χ3n) is 6.59. The predicted molar refractivity (Wildman–Crippen MR) is 124 cm³/mol. The van der Waals surface area contributed by atoms with Crippen LogP contribution in [0.1, 0.15) is 84.0 Å². The second kappa shape index (κ2) is 14.8. The van der Waals surface area contributed by atoms with Gasteiger partial charge in [-0.2, -0.15) is 0 Å². The van der Waals surface area contributed by atoms with Crippen molar-refractivity contribution in [2.45, 2.75) is 108 Å². The molecule has 1 saturated heterocycles. The minimum Gasteiger partial charge on any atom is -0.469 e. The van der Waals surface area contributed by atoms with Gasteiger partial charge in [0.15, 0.2) is 6.29 Å². The number of carbonyl (C=O) groups is 1. The van der Waals surface area contributed by atoms with Gasteiger partial charge in [0.2, 0.25) is 0 Å². The molecule has 0 bridgehead atoms. The number of alkyl halides is 2. The Morgan fingerprint density at radius 1 is 1.21 bits per heavy atom. The lowest BCUT2D eigenvalue weighted by Gasteiger charge is -2.29. The van der Waals surface area contributed by atoms with Crippen LogP contribution in [0.3, 0.4) is 0 Å². The molecule has 5 nitrogen and oxygen atoms in total. The highest BCUT2D eigenvalue weighted by Crippen LogP contribution is 2.40. The number of aliphatic hydroxyl groups excluding tert-OH is 1. The quantitative estimate of drug-likeness (QED) is 0.192. The normalized spacial score (nSPS) is 28.7. The van der Waals surface area contributed by atoms with Gasteiger partial charge in [0.05, 0.1) is 19.3 Å². The van der Waals surface area contributed by atoms with Gasteiger partial charge in [-0.3, -0.25) is 4.79 Å². The van der Waals surface area contributed by atoms with E-state index in [1.54, 1.807) is 6.08 Å². The van der Waals surface area contributed by atoms with Crippen molar-refractivity contribution in [3.05, 3.63) is 24.3 Å². The Kier molecular flexibility index (Phi) is 12.6. The Hall–Kier alpha value is -1.31. The average molecular weight is 473 g/mol. The van der Waals surface area contributed by atoms with Crippen LogP contribution in [0.4, 0.5) is 8.78 Å². The van der Waals surface area contributed by atoms with Crippen molar-refractivity contribution in [1.29, 1.82) is 0 Å². The zero-order valence-electron chi connectivity index (χ0n) is 20.2. The van der Waals surface area contributed by atoms with Gasteiger partial charge in [-0.1, -0.05) is 38.0 Å². The summed E-state index contributed by atoms with van der Waals surface area (Å²) in [7, 11) is 1.37. The van der Waals surface area contributed by atoms with Gasteiger partial charge in [-0.05, 0) is 56.9 Å². The fraction of sp³-hybridized carbons (Fsp3) is 0.808. The highest BCUT2D eigenvalue weighted by Gasteiger charge is 2.43. The smallest absolute Gasteiger partial charge is 0.305 e. The Balaban J connectivity index is 2.00. The largest absolute Gasteiger partial charge is 0.469 e. The molecule has 0 aromatic rings. The first kappa shape index (κ1) is 27.9. The van der Waals surface area contributed by atoms with Gasteiger partial charge < -0.3 is 19.3 Å². The molecule has 7 heteroatoms. The SMILES string of the molecule is CCCCCC(F)(F)C=C[C@@H]1[C@@H](CC=CCCCC(=O)OC)[C@@H](O)C[C@H]1OC1CCCCO1. The molecule has 1 aliphatic heterocycles. The Morgan fingerprint density at radius 3 is 2.73 bits per heavy atom. The van der Waals surface area contributed by atoms with Gasteiger partial charge in [0.25, 0.3) is 5.92 Å². The van der Waals surface area contributed by atoms with Crippen LogP contribution in [-0.4, -0.2) is 49.2 Å². The second-order valence-corrected chi connectivity index (χ2v) is 9.27. The van der Waals surface area contributed by atoms with Crippen molar-refractivity contribution >= 4 is 5.97 Å². The summed E-state index contributed by atoms with van der Waals surface area (Å²) in [5, 5.41) is 10.7. The van der Waals surface area contributed by atoms with E-state index in [9.17, 15) is 18.7 Å². The van der Waals surface area contributed by atoms with Crippen molar-refractivity contribution < 1.29 is 32.9 Å². The molecule has 1 heterocycles. The molecular weight excluding hydrogens is 430 g/mol. The van der Waals surface area contributed by atoms with Crippen molar-refractivity contribution in [3.63, 3.8) is 0 Å². The number of rotatable bonds is 14. The Morgan fingerprint density at radius 2 is 2.03 bits per heavy atom. The van der Waals surface area contributed by atoms with E-state index in [4.69, 9.17) is 9.47 Å². The molecule has 2 aliphatic rings. The maximum absolute atomic E-state index is 14.4. The molecule has 33 heavy (non-hydrogen) atoms. The minimum atomic E-state index is -2.86. The summed E-state index contributed by atoms with van der Waals surface area (Å²) in [5.41, 5.74) is 0. The lowest BCUT2D eigenvalue weighted by molar-refractivity contribution is -0.193. The van der Waals surface area contributed by atoms with Gasteiger partial charge in [0.1, 0.15) is 0 Å². The van der Waals surface area contributed by atoms with Crippen LogP contribution in [0.2, 0.25) is 0 Å². The van der Waals surface area contributed by atoms with Gasteiger partial charge in [-0.15, -0.1) is 0 Å². The zero-order valence-corrected chi connectivity index (χ0v) is 20.2. The summed E-state index contributed by atoms with van der Waals surface area (Å²) in [6, 6.07) is 0. The summed E-state index contributed by atoms with van der Waals surface area (Å²) in [6.07, 6.45) is 12.9. The van der Waals surface area contributed by atoms with E-state index in [-0.39, 0.29) is 36.6 Å². The van der Waals surface area contributed by atoms with Gasteiger partial charge >= 0.3 is 5.97 Å². The molecule has 1 unspecified atom stereocenters. The van der Waals surface area contributed by atoms with Crippen LogP contribution in [0, 0.1) is 11.8 Å². The monoisotopic (exact) mass is 472 g/mol. The first-order valence-electron chi connectivity index (χ1n) is 12.6. The molecule has 2 rings (SSSR count). The summed E-state index contributed by atoms with van der Waals surface area (Å²) in [4.78, 5) is 11.2. The molecule has 1 aliphatic carbocycles. The van der Waals surface area contributed by atoms with E-state index < -0.39 is 12.0 Å². The molecular formula is C26H42F2O5. The van der Waals surface area contributed by atoms with E-state index in [1.165, 1.54) is 7.11 Å². The zero-order chi connectivity index (χ0) is 24.1. The molecule has 1 N–H and O–H groups in total. The van der Waals surface area contributed by atoms with Crippen LogP contribution in [0.25, 0.3) is 0 Å². The highest BCUT2D eigenvalue weighted by molar-refractivity contribution is 5.69. The molecule has 0 spiro atoms. The minimum absolute atomic E-state index is 0.158. The van der Waals surface area contributed by atoms with Crippen LogP contribution < -0.4 is 0 Å². The third-order valence-corrected chi connectivity index (χ3v) is 6.59. The molecule has 0 amide bonds. The van der Waals surface area contributed by atoms with Crippen molar-refractivity contribution in [2.24, 2.45) is 11.8 Å². The molecule has 190 valence electrons. The summed E-state index contributed by atoms with van der Waals surface area (Å²) in [5.74, 6) is -3.59. The number of carbonyl (C=O) groups excluding carboxylic acids is 1. The first-order chi connectivity index (χ1) is 15.9. The van der Waals surface area contributed by atoms with Crippen molar-refractivity contribution in [2.75, 3.05) is 13.7 Å². The van der Waals surface area contributed by atoms with Gasteiger partial charge in [0, 0.05) is 31.8 Å². The predicted octanol–water partition coefficient (Wildman–Crippen LogP) is 5.96. The van der Waals surface area contributed by atoms with Crippen LogP contribution in [0.5, 0.6) is 0 Å². The van der Waals surface area contributed by atoms with Crippen molar-refractivity contribution in [3.8, 4) is 0 Å². The summed E-state index contributed by atoms with van der Waals surface area (Å²) in [6.45, 7) is 2.64. The van der Waals surface area contributed by atoms with E-state index in [0.717, 1.165) is 44.6 Å². The second-order valence-electron chi connectivity index (χ2n) is 9.27. The highest BCUT2D eigenvalue weighted by atomic mass is 19.3. The lowest BCUT2D eigenvalue weighted by atomic mass is 9.89. The standard InChI is InChI=1S/C26H42F2O5/c1-3-4-10-16-26(27,28)17-15-21-20(12-7-5-6-8-13-24(30)31-2)22(29)19-23(21)33-25-14-9-11-18-32-25/h5,7,15,17,20-23,25,29H,3-4,6,8-14,16,18-19H2,1-2H3/t20-,21-,22+,23-,25?/m1/s1. The number of methoxy groups -OCH3 is 1. The fourth-order valence-electron chi connectivity index (χ4n) is 4.63. The molecule has 0 radical (unpaired) electrons. The maximum atomic E-state index is 14.4. The molecule has 0 aromatic heterocycles. The van der Waals surface area contributed by atoms with E-state index >= 15 is 0 Å². The van der Waals surface area contributed by atoms with E-state index in [2.05, 4.69) is 4.74 Å². The third kappa shape index (κ3) is 10.2. The summed E-state index contributed by atoms with van der Waals surface area (Å²) >= 11 is 0. The average Bonchev–Trinajstić information content (AvgIpc) is 3.09. The first-order valence-corrected chi connectivity index (χ1v) is 12.6. The molecule has 1 saturated carbocycles. The Labute approximate surface area is 197 Å². The lowest BCUT2D eigenvalue weighted by Crippen LogP contribution is -2.31. The van der Waals surface area contributed by atoms with E-state index in [1.807, 2.05) is 19.1 Å². The molecule has 0 aromatic carbocycles. The van der Waals surface area contributed by atoms with Gasteiger partial charge in [-0.25, -0.2) is 8.78 Å². The number of ether oxygens (including phenoxy) is 3. The number of aliphatic hydroxyl groups is 1. The number of allylic oxidation sites excluding steroid dienone is 3. The van der Waals surface area contributed by atoms with Crippen LogP contribution in [-0.2, 0) is 19.0 Å². The number of hydrogen-bond acceptors (Lipinski definition) is 5.